The van der Waals surface area contributed by atoms with Gasteiger partial charge in [0, 0.05) is 25.8 Å². The summed E-state index contributed by atoms with van der Waals surface area (Å²) >= 11 is 0. The van der Waals surface area contributed by atoms with E-state index in [4.69, 9.17) is 5.11 Å². The van der Waals surface area contributed by atoms with Crippen molar-refractivity contribution in [3.63, 3.8) is 0 Å². The minimum atomic E-state index is 0.259. The molecular formula is C14H26N4O. The van der Waals surface area contributed by atoms with Gasteiger partial charge in [-0.2, -0.15) is 0 Å². The van der Waals surface area contributed by atoms with Gasteiger partial charge in [0.05, 0.1) is 0 Å². The summed E-state index contributed by atoms with van der Waals surface area (Å²) in [5.41, 5.74) is 1.13. The van der Waals surface area contributed by atoms with Crippen LogP contribution in [0.1, 0.15) is 45.1 Å². The highest BCUT2D eigenvalue weighted by Crippen LogP contribution is 2.27. The highest BCUT2D eigenvalue weighted by atomic mass is 16.3. The third-order valence-corrected chi connectivity index (χ3v) is 3.18. The first-order chi connectivity index (χ1) is 9.10. The van der Waals surface area contributed by atoms with Crippen LogP contribution in [0.25, 0.3) is 0 Å². The first kappa shape index (κ1) is 15.7. The van der Waals surface area contributed by atoms with Gasteiger partial charge in [0.25, 0.3) is 0 Å². The van der Waals surface area contributed by atoms with Crippen molar-refractivity contribution in [3.05, 3.63) is 11.9 Å². The molecule has 0 aromatic carbocycles. The lowest BCUT2D eigenvalue weighted by molar-refractivity contribution is 0.229. The van der Waals surface area contributed by atoms with Crippen LogP contribution >= 0.6 is 0 Å². The van der Waals surface area contributed by atoms with Crippen LogP contribution in [0.4, 0.5) is 11.6 Å². The second-order valence-electron chi connectivity index (χ2n) is 5.25. The molecule has 1 unspecified atom stereocenters. The lowest BCUT2D eigenvalue weighted by Gasteiger charge is -2.17. The molecule has 0 spiro atoms. The minimum absolute atomic E-state index is 0.259. The number of aliphatic hydroxyl groups excluding tert-OH is 1. The van der Waals surface area contributed by atoms with E-state index in [1.807, 2.05) is 7.05 Å². The normalized spacial score (nSPS) is 12.5. The molecule has 0 aliphatic heterocycles. The lowest BCUT2D eigenvalue weighted by atomic mass is 10.0. The number of hydrogen-bond acceptors (Lipinski definition) is 5. The summed E-state index contributed by atoms with van der Waals surface area (Å²) in [7, 11) is 1.88. The Morgan fingerprint density at radius 1 is 1.21 bits per heavy atom. The zero-order valence-corrected chi connectivity index (χ0v) is 12.4. The predicted octanol–water partition coefficient (Wildman–Crippen LogP) is 2.46. The molecule has 3 N–H and O–H groups in total. The van der Waals surface area contributed by atoms with E-state index < -0.39 is 0 Å². The first-order valence-electron chi connectivity index (χ1n) is 6.97. The number of aliphatic hydroxyl groups is 1. The summed E-state index contributed by atoms with van der Waals surface area (Å²) in [5, 5.41) is 15.5. The maximum Gasteiger partial charge on any atom is 0.134 e. The Hall–Kier alpha value is -1.36. The van der Waals surface area contributed by atoms with Gasteiger partial charge in [-0.1, -0.05) is 20.8 Å². The Labute approximate surface area is 115 Å². The molecule has 0 aliphatic carbocycles. The van der Waals surface area contributed by atoms with Crippen molar-refractivity contribution in [1.29, 1.82) is 0 Å². The van der Waals surface area contributed by atoms with Crippen LogP contribution in [-0.2, 0) is 0 Å². The molecule has 5 heteroatoms. The van der Waals surface area contributed by atoms with E-state index in [-0.39, 0.29) is 6.61 Å². The Kier molecular flexibility index (Phi) is 6.56. The largest absolute Gasteiger partial charge is 0.396 e. The zero-order valence-electron chi connectivity index (χ0n) is 12.4. The molecule has 0 amide bonds. The fraction of sp³-hybridized carbons (Fsp3) is 0.714. The highest BCUT2D eigenvalue weighted by Gasteiger charge is 2.13. The number of nitrogens with zero attached hydrogens (tertiary/aromatic N) is 2. The van der Waals surface area contributed by atoms with Crippen LogP contribution < -0.4 is 10.6 Å². The molecule has 1 rings (SSSR count). The molecule has 0 radical (unpaired) electrons. The van der Waals surface area contributed by atoms with Crippen molar-refractivity contribution >= 4 is 11.6 Å². The monoisotopic (exact) mass is 266 g/mol. The van der Waals surface area contributed by atoms with Crippen molar-refractivity contribution in [2.45, 2.75) is 39.5 Å². The maximum absolute atomic E-state index is 8.99. The van der Waals surface area contributed by atoms with Gasteiger partial charge in [-0.3, -0.25) is 0 Å². The topological polar surface area (TPSA) is 70.1 Å². The van der Waals surface area contributed by atoms with Crippen LogP contribution in [0.2, 0.25) is 0 Å². The van der Waals surface area contributed by atoms with E-state index in [1.165, 1.54) is 0 Å². The summed E-state index contributed by atoms with van der Waals surface area (Å²) < 4.78 is 0. The van der Waals surface area contributed by atoms with Gasteiger partial charge in [-0.05, 0) is 24.7 Å². The average Bonchev–Trinajstić information content (AvgIpc) is 2.42. The molecule has 1 atom stereocenters. The predicted molar refractivity (Wildman–Crippen MR) is 79.6 cm³/mol. The van der Waals surface area contributed by atoms with E-state index >= 15 is 0 Å². The summed E-state index contributed by atoms with van der Waals surface area (Å²) in [6.45, 7) is 7.46. The second kappa shape index (κ2) is 7.94. The maximum atomic E-state index is 8.99. The van der Waals surface area contributed by atoms with Gasteiger partial charge < -0.3 is 15.7 Å². The van der Waals surface area contributed by atoms with Gasteiger partial charge in [-0.25, -0.2) is 9.97 Å². The molecule has 1 aromatic heterocycles. The number of hydrogen-bond donors (Lipinski definition) is 3. The number of anilines is 2. The summed E-state index contributed by atoms with van der Waals surface area (Å²) in [6.07, 6.45) is 3.62. The van der Waals surface area contributed by atoms with E-state index in [9.17, 15) is 0 Å². The summed E-state index contributed by atoms with van der Waals surface area (Å²) in [5.74, 6) is 2.52. The Balaban J connectivity index is 2.62. The Bertz CT molecular complexity index is 382. The summed E-state index contributed by atoms with van der Waals surface area (Å²) in [4.78, 5) is 8.59. The quantitative estimate of drug-likeness (QED) is 0.631. The number of rotatable bonds is 8. The minimum Gasteiger partial charge on any atom is -0.396 e. The molecule has 0 fully saturated rings. The van der Waals surface area contributed by atoms with Crippen molar-refractivity contribution < 1.29 is 5.11 Å². The van der Waals surface area contributed by atoms with Crippen molar-refractivity contribution in [2.24, 2.45) is 5.92 Å². The summed E-state index contributed by atoms with van der Waals surface area (Å²) in [6, 6.07) is 0. The van der Waals surface area contributed by atoms with Gasteiger partial charge in [0.2, 0.25) is 0 Å². The number of nitrogens with one attached hydrogen (secondary N) is 2. The molecule has 1 heterocycles. The number of aromatic nitrogens is 2. The lowest BCUT2D eigenvalue weighted by Crippen LogP contribution is -2.12. The molecule has 0 aliphatic rings. The van der Waals surface area contributed by atoms with Gasteiger partial charge >= 0.3 is 0 Å². The fourth-order valence-electron chi connectivity index (χ4n) is 2.03. The molecule has 1 aromatic rings. The van der Waals surface area contributed by atoms with Crippen molar-refractivity contribution in [1.82, 2.24) is 9.97 Å². The second-order valence-corrected chi connectivity index (χ2v) is 5.25. The highest BCUT2D eigenvalue weighted by molar-refractivity contribution is 5.58. The molecule has 19 heavy (non-hydrogen) atoms. The standard InChI is InChI=1S/C14H26N4O/c1-10(2)12-13(15-4)17-9-18-14(12)16-7-5-6-11(3)8-19/h9-11,19H,5-8H2,1-4H3,(H2,15,16,17,18). The molecule has 0 saturated carbocycles. The third kappa shape index (κ3) is 4.67. The van der Waals surface area contributed by atoms with Crippen LogP contribution in [0, 0.1) is 5.92 Å². The fourth-order valence-corrected chi connectivity index (χ4v) is 2.03. The molecule has 108 valence electrons. The van der Waals surface area contributed by atoms with Crippen LogP contribution in [-0.4, -0.2) is 35.3 Å². The van der Waals surface area contributed by atoms with Gasteiger partial charge in [0.15, 0.2) is 0 Å². The van der Waals surface area contributed by atoms with Gasteiger partial charge in [-0.15, -0.1) is 0 Å². The molecular weight excluding hydrogens is 240 g/mol. The van der Waals surface area contributed by atoms with Gasteiger partial charge in [0.1, 0.15) is 18.0 Å². The average molecular weight is 266 g/mol. The van der Waals surface area contributed by atoms with Crippen LogP contribution in [0.3, 0.4) is 0 Å². The van der Waals surface area contributed by atoms with E-state index in [1.54, 1.807) is 6.33 Å². The molecule has 0 saturated heterocycles. The van der Waals surface area contributed by atoms with Crippen LogP contribution in [0.5, 0.6) is 0 Å². The van der Waals surface area contributed by atoms with Crippen LogP contribution in [0.15, 0.2) is 6.33 Å². The van der Waals surface area contributed by atoms with E-state index in [0.29, 0.717) is 11.8 Å². The molecule has 0 bridgehead atoms. The van der Waals surface area contributed by atoms with Crippen molar-refractivity contribution in [2.75, 3.05) is 30.8 Å². The van der Waals surface area contributed by atoms with Crippen molar-refractivity contribution in [3.8, 4) is 0 Å². The Morgan fingerprint density at radius 3 is 2.47 bits per heavy atom. The first-order valence-corrected chi connectivity index (χ1v) is 6.97. The molecule has 5 nitrogen and oxygen atoms in total. The zero-order chi connectivity index (χ0) is 14.3. The SMILES string of the molecule is CNc1ncnc(NCCCC(C)CO)c1C(C)C. The third-order valence-electron chi connectivity index (χ3n) is 3.18. The van der Waals surface area contributed by atoms with E-state index in [0.717, 1.165) is 36.6 Å². The smallest absolute Gasteiger partial charge is 0.134 e. The van der Waals surface area contributed by atoms with E-state index in [2.05, 4.69) is 41.4 Å². The Morgan fingerprint density at radius 2 is 1.89 bits per heavy atom.